The number of amides is 3. The number of rotatable bonds is 8. The van der Waals surface area contributed by atoms with Crippen molar-refractivity contribution in [2.45, 2.75) is 64.4 Å². The van der Waals surface area contributed by atoms with Crippen LogP contribution in [0.25, 0.3) is 0 Å². The van der Waals surface area contributed by atoms with Gasteiger partial charge in [-0.15, -0.1) is 0 Å². The highest BCUT2D eigenvalue weighted by Crippen LogP contribution is 2.31. The van der Waals surface area contributed by atoms with Crippen molar-refractivity contribution in [2.75, 3.05) is 26.2 Å². The molecule has 3 heterocycles. The van der Waals surface area contributed by atoms with Gasteiger partial charge in [0, 0.05) is 44.2 Å². The first kappa shape index (κ1) is 25.4. The fourth-order valence-electron chi connectivity index (χ4n) is 5.98. The number of piperidine rings is 2. The molecule has 2 aromatic rings. The molecule has 3 atom stereocenters. The van der Waals surface area contributed by atoms with E-state index in [-0.39, 0.29) is 24.3 Å². The zero-order valence-corrected chi connectivity index (χ0v) is 21.7. The monoisotopic (exact) mass is 504 g/mol. The predicted octanol–water partition coefficient (Wildman–Crippen LogP) is 2.81. The molecule has 5 rings (SSSR count). The van der Waals surface area contributed by atoms with E-state index in [4.69, 9.17) is 4.74 Å². The summed E-state index contributed by atoms with van der Waals surface area (Å²) in [4.78, 5) is 43.5. The summed E-state index contributed by atoms with van der Waals surface area (Å²) >= 11 is 0. The smallest absolute Gasteiger partial charge is 0.255 e. The summed E-state index contributed by atoms with van der Waals surface area (Å²) in [5, 5.41) is 2.36. The Morgan fingerprint density at radius 3 is 2.54 bits per heavy atom. The van der Waals surface area contributed by atoms with Crippen LogP contribution in [0.5, 0.6) is 5.75 Å². The maximum atomic E-state index is 13.1. The van der Waals surface area contributed by atoms with Gasteiger partial charge in [0.1, 0.15) is 17.9 Å². The van der Waals surface area contributed by atoms with Gasteiger partial charge in [-0.25, -0.2) is 0 Å². The van der Waals surface area contributed by atoms with Crippen LogP contribution in [0.3, 0.4) is 0 Å². The summed E-state index contributed by atoms with van der Waals surface area (Å²) in [6.45, 7) is 9.43. The second-order valence-corrected chi connectivity index (χ2v) is 10.2. The van der Waals surface area contributed by atoms with Gasteiger partial charge < -0.3 is 9.64 Å². The van der Waals surface area contributed by atoms with Gasteiger partial charge >= 0.3 is 0 Å². The molecular formula is C29H36N4O4. The summed E-state index contributed by atoms with van der Waals surface area (Å²) in [5.74, 6) is -0.0848. The lowest BCUT2D eigenvalue weighted by Crippen LogP contribution is -2.56. The Labute approximate surface area is 218 Å². The van der Waals surface area contributed by atoms with Crippen molar-refractivity contribution in [3.8, 4) is 5.75 Å². The zero-order chi connectivity index (χ0) is 25.9. The highest BCUT2D eigenvalue weighted by Gasteiger charge is 2.39. The van der Waals surface area contributed by atoms with E-state index >= 15 is 0 Å². The van der Waals surface area contributed by atoms with Crippen LogP contribution >= 0.6 is 0 Å². The van der Waals surface area contributed by atoms with E-state index in [9.17, 15) is 14.4 Å². The topological polar surface area (TPSA) is 82.2 Å². The number of carbonyl (C=O) groups excluding carboxylic acids is 3. The number of benzene rings is 2. The Hall–Kier alpha value is -3.23. The number of nitrogens with one attached hydrogen (secondary N) is 1. The molecule has 2 fully saturated rings. The van der Waals surface area contributed by atoms with Crippen LogP contribution in [0.4, 0.5) is 0 Å². The van der Waals surface area contributed by atoms with Crippen LogP contribution in [0, 0.1) is 0 Å². The van der Waals surface area contributed by atoms with Crippen molar-refractivity contribution in [2.24, 2.45) is 0 Å². The summed E-state index contributed by atoms with van der Waals surface area (Å²) in [7, 11) is 0. The van der Waals surface area contributed by atoms with Crippen molar-refractivity contribution in [3.63, 3.8) is 0 Å². The molecule has 3 unspecified atom stereocenters. The molecule has 0 radical (unpaired) electrons. The Bertz CT molecular complexity index is 1150. The quantitative estimate of drug-likeness (QED) is 0.557. The highest BCUT2D eigenvalue weighted by molar-refractivity contribution is 6.05. The van der Waals surface area contributed by atoms with Gasteiger partial charge in [-0.1, -0.05) is 44.2 Å². The lowest BCUT2D eigenvalue weighted by atomic mass is 9.98. The van der Waals surface area contributed by atoms with Crippen molar-refractivity contribution < 1.29 is 19.1 Å². The fourth-order valence-corrected chi connectivity index (χ4v) is 5.98. The minimum atomic E-state index is -0.612. The minimum Gasteiger partial charge on any atom is -0.487 e. The third-order valence-corrected chi connectivity index (χ3v) is 7.92. The van der Waals surface area contributed by atoms with Crippen LogP contribution in [-0.4, -0.2) is 76.8 Å². The van der Waals surface area contributed by atoms with E-state index < -0.39 is 11.9 Å². The first-order valence-electron chi connectivity index (χ1n) is 13.4. The average Bonchev–Trinajstić information content (AvgIpc) is 3.22. The number of nitrogens with zero attached hydrogens (tertiary/aromatic N) is 3. The molecule has 2 saturated heterocycles. The van der Waals surface area contributed by atoms with E-state index in [1.807, 2.05) is 24.3 Å². The van der Waals surface area contributed by atoms with Crippen LogP contribution < -0.4 is 10.1 Å². The average molecular weight is 505 g/mol. The van der Waals surface area contributed by atoms with Crippen molar-refractivity contribution in [3.05, 3.63) is 65.2 Å². The predicted molar refractivity (Wildman–Crippen MR) is 140 cm³/mol. The molecule has 0 bridgehead atoms. The lowest BCUT2D eigenvalue weighted by molar-refractivity contribution is -0.136. The zero-order valence-electron chi connectivity index (χ0n) is 21.7. The summed E-state index contributed by atoms with van der Waals surface area (Å²) in [6, 6.07) is 15.9. The molecule has 0 aliphatic carbocycles. The minimum absolute atomic E-state index is 0.00115. The van der Waals surface area contributed by atoms with Crippen molar-refractivity contribution in [1.82, 2.24) is 20.0 Å². The molecule has 2 aromatic carbocycles. The molecular weight excluding hydrogens is 468 g/mol. The Morgan fingerprint density at radius 1 is 1.03 bits per heavy atom. The number of ether oxygens (including phenoxy) is 1. The van der Waals surface area contributed by atoms with E-state index in [1.165, 1.54) is 5.56 Å². The van der Waals surface area contributed by atoms with E-state index in [0.29, 0.717) is 24.6 Å². The highest BCUT2D eigenvalue weighted by atomic mass is 16.5. The number of fused-ring (bicyclic) bond motifs is 1. The van der Waals surface area contributed by atoms with Crippen LogP contribution in [0.1, 0.15) is 54.6 Å². The molecule has 3 aliphatic heterocycles. The Morgan fingerprint density at radius 2 is 1.81 bits per heavy atom. The molecule has 0 saturated carbocycles. The lowest BCUT2D eigenvalue weighted by Gasteiger charge is -2.43. The summed E-state index contributed by atoms with van der Waals surface area (Å²) < 4.78 is 6.66. The first-order chi connectivity index (χ1) is 18.0. The van der Waals surface area contributed by atoms with Gasteiger partial charge in [-0.05, 0) is 55.3 Å². The Kier molecular flexibility index (Phi) is 7.58. The largest absolute Gasteiger partial charge is 0.487 e. The van der Waals surface area contributed by atoms with E-state index in [0.717, 1.165) is 50.5 Å². The summed E-state index contributed by atoms with van der Waals surface area (Å²) in [6.07, 6.45) is 1.64. The van der Waals surface area contributed by atoms with E-state index in [2.05, 4.69) is 53.2 Å². The molecule has 0 spiro atoms. The Balaban J connectivity index is 1.32. The molecule has 37 heavy (non-hydrogen) atoms. The van der Waals surface area contributed by atoms with Crippen LogP contribution in [0.2, 0.25) is 0 Å². The van der Waals surface area contributed by atoms with Gasteiger partial charge in [0.15, 0.2) is 0 Å². The standard InChI is InChI=1S/C29H36N4O4/c1-3-32(4-2)24-14-15-31(17-20-8-6-5-7-9-20)19-26(24)37-22-10-11-23-21(16-22)18-33(29(23)36)25-12-13-27(34)30-28(25)35/h5-11,16,24-26H,3-4,12-15,17-19H2,1-2H3,(H,30,34,35). The third kappa shape index (κ3) is 5.40. The molecule has 8 heteroatoms. The number of hydrogen-bond acceptors (Lipinski definition) is 6. The number of hydrogen-bond donors (Lipinski definition) is 1. The molecule has 1 N–H and O–H groups in total. The van der Waals surface area contributed by atoms with Gasteiger partial charge in [0.05, 0.1) is 0 Å². The second-order valence-electron chi connectivity index (χ2n) is 10.2. The van der Waals surface area contributed by atoms with E-state index in [1.54, 1.807) is 4.90 Å². The normalized spacial score (nSPS) is 24.4. The molecule has 3 amide bonds. The number of carbonyl (C=O) groups is 3. The molecule has 0 aromatic heterocycles. The van der Waals surface area contributed by atoms with Crippen LogP contribution in [-0.2, 0) is 22.7 Å². The van der Waals surface area contributed by atoms with Gasteiger partial charge in [-0.3, -0.25) is 29.5 Å². The van der Waals surface area contributed by atoms with Gasteiger partial charge in [0.2, 0.25) is 11.8 Å². The maximum absolute atomic E-state index is 13.1. The molecule has 196 valence electrons. The summed E-state index contributed by atoms with van der Waals surface area (Å²) in [5.41, 5.74) is 2.77. The number of likely N-dealkylation sites (tertiary alicyclic amines) is 1. The third-order valence-electron chi connectivity index (χ3n) is 7.92. The van der Waals surface area contributed by atoms with Crippen LogP contribution in [0.15, 0.2) is 48.5 Å². The maximum Gasteiger partial charge on any atom is 0.255 e. The van der Waals surface area contributed by atoms with Crippen molar-refractivity contribution >= 4 is 17.7 Å². The second kappa shape index (κ2) is 11.0. The SMILES string of the molecule is CCN(CC)C1CCN(Cc2ccccc2)CC1Oc1ccc2c(c1)CN(C1CCC(=O)NC1=O)C2=O. The molecule has 8 nitrogen and oxygen atoms in total. The number of likely N-dealkylation sites (N-methyl/N-ethyl adjacent to an activating group) is 1. The van der Waals surface area contributed by atoms with Gasteiger partial charge in [-0.2, -0.15) is 0 Å². The molecule has 3 aliphatic rings. The number of imide groups is 1. The first-order valence-corrected chi connectivity index (χ1v) is 13.4. The van der Waals surface area contributed by atoms with Crippen molar-refractivity contribution in [1.29, 1.82) is 0 Å². The fraction of sp³-hybridized carbons (Fsp3) is 0.483. The van der Waals surface area contributed by atoms with Gasteiger partial charge in [0.25, 0.3) is 5.91 Å².